The summed E-state index contributed by atoms with van der Waals surface area (Å²) in [6, 6.07) is 6.76. The molecule has 0 saturated heterocycles. The first-order chi connectivity index (χ1) is 15.1. The Morgan fingerprint density at radius 3 is 2.47 bits per heavy atom. The Kier molecular flexibility index (Phi) is 5.54. The van der Waals surface area contributed by atoms with Gasteiger partial charge in [0.15, 0.2) is 0 Å². The number of pyridine rings is 2. The lowest BCUT2D eigenvalue weighted by molar-refractivity contribution is -0.137. The van der Waals surface area contributed by atoms with E-state index in [0.29, 0.717) is 35.8 Å². The number of ether oxygens (including phenoxy) is 1. The van der Waals surface area contributed by atoms with Crippen LogP contribution < -0.4 is 5.73 Å². The number of amides is 1. The number of hydrogen-bond acceptors (Lipinski definition) is 5. The van der Waals surface area contributed by atoms with Crippen LogP contribution in [0.4, 0.5) is 19.0 Å². The van der Waals surface area contributed by atoms with E-state index < -0.39 is 17.8 Å². The maximum Gasteiger partial charge on any atom is 0.417 e. The molecule has 32 heavy (non-hydrogen) atoms. The summed E-state index contributed by atoms with van der Waals surface area (Å²) >= 11 is 0. The molecule has 6 nitrogen and oxygen atoms in total. The molecule has 0 saturated carbocycles. The predicted octanol–water partition coefficient (Wildman–Crippen LogP) is 4.87. The topological polar surface area (TPSA) is 81.3 Å². The fourth-order valence-corrected chi connectivity index (χ4v) is 4.07. The number of carbonyl (C=O) groups is 1. The second-order valence-corrected chi connectivity index (χ2v) is 8.13. The number of alkyl halides is 3. The minimum absolute atomic E-state index is 0.212. The lowest BCUT2D eigenvalue weighted by Crippen LogP contribution is -2.39. The molecule has 1 aliphatic heterocycles. The van der Waals surface area contributed by atoms with Gasteiger partial charge in [-0.05, 0) is 56.7 Å². The molecule has 1 aromatic carbocycles. The molecule has 9 heteroatoms. The molecule has 168 valence electrons. The number of nitrogens with two attached hydrogens (primary N) is 1. The Morgan fingerprint density at radius 2 is 1.84 bits per heavy atom. The first-order valence-corrected chi connectivity index (χ1v) is 10.2. The standard InChI is InChI=1S/C23H23F3N4O2/c1-12(2)30(13(3)19-7-5-15(9-28-19)23(24,25)26)22(31)14-4-6-20-16(8-14)17-10-32-11-18(17)21(27)29-20/h4-9,12-13H,10-11H2,1-3H3,(H2,27,29)/t13-/m0/s1. The maximum atomic E-state index is 13.5. The number of nitrogens with zero attached hydrogens (tertiary/aromatic N) is 3. The molecule has 1 aliphatic rings. The number of halogens is 3. The molecule has 3 aromatic rings. The van der Waals surface area contributed by atoms with Crippen LogP contribution >= 0.6 is 0 Å². The number of carbonyl (C=O) groups excluding carboxylic acids is 1. The smallest absolute Gasteiger partial charge is 0.383 e. The van der Waals surface area contributed by atoms with E-state index >= 15 is 0 Å². The number of anilines is 1. The molecule has 0 aliphatic carbocycles. The molecule has 2 aromatic heterocycles. The number of aromatic nitrogens is 2. The van der Waals surface area contributed by atoms with E-state index in [0.717, 1.165) is 28.8 Å². The number of fused-ring (bicyclic) bond motifs is 3. The van der Waals surface area contributed by atoms with Crippen LogP contribution in [-0.4, -0.2) is 26.8 Å². The highest BCUT2D eigenvalue weighted by atomic mass is 19.4. The Morgan fingerprint density at radius 1 is 1.12 bits per heavy atom. The number of hydrogen-bond donors (Lipinski definition) is 1. The van der Waals surface area contributed by atoms with E-state index in [9.17, 15) is 18.0 Å². The molecule has 2 N–H and O–H groups in total. The third-order valence-corrected chi connectivity index (χ3v) is 5.73. The first kappa shape index (κ1) is 22.0. The van der Waals surface area contributed by atoms with Gasteiger partial charge in [-0.3, -0.25) is 9.78 Å². The van der Waals surface area contributed by atoms with Gasteiger partial charge in [0.05, 0.1) is 36.0 Å². The highest BCUT2D eigenvalue weighted by molar-refractivity contribution is 5.99. The number of benzene rings is 1. The van der Waals surface area contributed by atoms with Crippen LogP contribution in [-0.2, 0) is 24.1 Å². The van der Waals surface area contributed by atoms with Gasteiger partial charge in [0.1, 0.15) is 5.82 Å². The molecular formula is C23H23F3N4O2. The van der Waals surface area contributed by atoms with Crippen LogP contribution in [0.5, 0.6) is 0 Å². The molecular weight excluding hydrogens is 421 g/mol. The van der Waals surface area contributed by atoms with Gasteiger partial charge in [0.25, 0.3) is 5.91 Å². The summed E-state index contributed by atoms with van der Waals surface area (Å²) in [5.74, 6) is 0.176. The summed E-state index contributed by atoms with van der Waals surface area (Å²) in [6.07, 6.45) is -3.67. The third-order valence-electron chi connectivity index (χ3n) is 5.73. The minimum Gasteiger partial charge on any atom is -0.383 e. The molecule has 4 rings (SSSR count). The lowest BCUT2D eigenvalue weighted by atomic mass is 10.0. The van der Waals surface area contributed by atoms with Crippen molar-refractivity contribution in [2.24, 2.45) is 0 Å². The van der Waals surface area contributed by atoms with Crippen molar-refractivity contribution < 1.29 is 22.7 Å². The average Bonchev–Trinajstić information content (AvgIpc) is 3.24. The Bertz CT molecular complexity index is 1180. The van der Waals surface area contributed by atoms with E-state index in [1.54, 1.807) is 30.0 Å². The Balaban J connectivity index is 1.69. The van der Waals surface area contributed by atoms with E-state index in [1.807, 2.05) is 13.8 Å². The number of nitrogen functional groups attached to an aromatic ring is 1. The average molecular weight is 444 g/mol. The van der Waals surface area contributed by atoms with Crippen molar-refractivity contribution in [1.29, 1.82) is 0 Å². The van der Waals surface area contributed by atoms with Crippen molar-refractivity contribution >= 4 is 22.6 Å². The highest BCUT2D eigenvalue weighted by Gasteiger charge is 2.32. The molecule has 0 radical (unpaired) electrons. The molecule has 0 unspecified atom stereocenters. The molecule has 1 amide bonds. The minimum atomic E-state index is -4.46. The van der Waals surface area contributed by atoms with Crippen LogP contribution in [0.25, 0.3) is 10.9 Å². The second kappa shape index (κ2) is 8.05. The van der Waals surface area contributed by atoms with Crippen LogP contribution in [0, 0.1) is 0 Å². The van der Waals surface area contributed by atoms with Gasteiger partial charge in [0.2, 0.25) is 0 Å². The normalized spacial score (nSPS) is 14.6. The quantitative estimate of drug-likeness (QED) is 0.621. The van der Waals surface area contributed by atoms with Gasteiger partial charge < -0.3 is 15.4 Å². The van der Waals surface area contributed by atoms with Gasteiger partial charge in [-0.2, -0.15) is 13.2 Å². The van der Waals surface area contributed by atoms with E-state index in [2.05, 4.69) is 9.97 Å². The Hall–Kier alpha value is -3.20. The van der Waals surface area contributed by atoms with E-state index in [-0.39, 0.29) is 11.9 Å². The SMILES string of the molecule is CC(C)N(C(=O)c1ccc2nc(N)c3c(c2c1)COC3)[C@@H](C)c1ccc(C(F)(F)F)cn1. The second-order valence-electron chi connectivity index (χ2n) is 8.13. The Labute approximate surface area is 183 Å². The summed E-state index contributed by atoms with van der Waals surface area (Å²) < 4.78 is 44.1. The molecule has 0 fully saturated rings. The van der Waals surface area contributed by atoms with Crippen molar-refractivity contribution in [3.05, 3.63) is 64.5 Å². The zero-order valence-corrected chi connectivity index (χ0v) is 17.9. The third kappa shape index (κ3) is 3.88. The summed E-state index contributed by atoms with van der Waals surface area (Å²) in [5, 5.41) is 0.807. The van der Waals surface area contributed by atoms with E-state index in [4.69, 9.17) is 10.5 Å². The van der Waals surface area contributed by atoms with Crippen LogP contribution in [0.15, 0.2) is 36.5 Å². The predicted molar refractivity (Wildman–Crippen MR) is 114 cm³/mol. The van der Waals surface area contributed by atoms with Gasteiger partial charge in [-0.25, -0.2) is 4.98 Å². The van der Waals surface area contributed by atoms with Crippen molar-refractivity contribution in [1.82, 2.24) is 14.9 Å². The lowest BCUT2D eigenvalue weighted by Gasteiger charge is -2.33. The summed E-state index contributed by atoms with van der Waals surface area (Å²) in [6.45, 7) is 6.25. The van der Waals surface area contributed by atoms with Crippen LogP contribution in [0.1, 0.15) is 59.6 Å². The fraction of sp³-hybridized carbons (Fsp3) is 0.348. The van der Waals surface area contributed by atoms with Gasteiger partial charge in [0, 0.05) is 28.8 Å². The highest BCUT2D eigenvalue weighted by Crippen LogP contribution is 2.33. The van der Waals surface area contributed by atoms with Crippen molar-refractivity contribution in [2.45, 2.75) is 52.2 Å². The van der Waals surface area contributed by atoms with Crippen molar-refractivity contribution in [2.75, 3.05) is 5.73 Å². The summed E-state index contributed by atoms with van der Waals surface area (Å²) in [7, 11) is 0. The monoisotopic (exact) mass is 444 g/mol. The zero-order chi connectivity index (χ0) is 23.2. The molecule has 3 heterocycles. The zero-order valence-electron chi connectivity index (χ0n) is 17.9. The van der Waals surface area contributed by atoms with Gasteiger partial charge >= 0.3 is 6.18 Å². The molecule has 0 spiro atoms. The summed E-state index contributed by atoms with van der Waals surface area (Å²) in [5.41, 5.74) is 8.47. The first-order valence-electron chi connectivity index (χ1n) is 10.2. The maximum absolute atomic E-state index is 13.5. The van der Waals surface area contributed by atoms with Crippen molar-refractivity contribution in [3.8, 4) is 0 Å². The van der Waals surface area contributed by atoms with E-state index in [1.165, 1.54) is 6.07 Å². The summed E-state index contributed by atoms with van der Waals surface area (Å²) in [4.78, 5) is 23.5. The molecule has 0 bridgehead atoms. The van der Waals surface area contributed by atoms with Crippen LogP contribution in [0.2, 0.25) is 0 Å². The van der Waals surface area contributed by atoms with Crippen LogP contribution in [0.3, 0.4) is 0 Å². The number of rotatable bonds is 4. The fourth-order valence-electron chi connectivity index (χ4n) is 4.07. The largest absolute Gasteiger partial charge is 0.417 e. The van der Waals surface area contributed by atoms with Gasteiger partial charge in [-0.15, -0.1) is 0 Å². The van der Waals surface area contributed by atoms with Crippen molar-refractivity contribution in [3.63, 3.8) is 0 Å². The molecule has 1 atom stereocenters. The van der Waals surface area contributed by atoms with Gasteiger partial charge in [-0.1, -0.05) is 0 Å².